The molecule has 0 aromatic heterocycles. The van der Waals surface area contributed by atoms with E-state index in [4.69, 9.17) is 0 Å². The van der Waals surface area contributed by atoms with Gasteiger partial charge in [-0.15, -0.1) is 0 Å². The lowest BCUT2D eigenvalue weighted by Crippen LogP contribution is -2.34. The van der Waals surface area contributed by atoms with E-state index in [-0.39, 0.29) is 0 Å². The van der Waals surface area contributed by atoms with Gasteiger partial charge in [-0.3, -0.25) is 0 Å². The molecule has 0 aliphatic heterocycles. The molecule has 102 valence electrons. The van der Waals surface area contributed by atoms with Crippen LogP contribution in [0.3, 0.4) is 0 Å². The molecule has 0 heterocycles. The smallest absolute Gasteiger partial charge is 0.240 e. The number of benzene rings is 1. The van der Waals surface area contributed by atoms with Crippen LogP contribution in [0.1, 0.15) is 25.0 Å². The summed E-state index contributed by atoms with van der Waals surface area (Å²) in [7, 11) is -3.40. The van der Waals surface area contributed by atoms with E-state index in [0.29, 0.717) is 24.0 Å². The number of hydrogen-bond donors (Lipinski definition) is 2. The first-order chi connectivity index (χ1) is 8.33. The van der Waals surface area contributed by atoms with Crippen molar-refractivity contribution in [1.29, 1.82) is 0 Å². The second-order valence-electron chi connectivity index (χ2n) is 4.78. The van der Waals surface area contributed by atoms with Crippen LogP contribution < -0.4 is 10.0 Å². The van der Waals surface area contributed by atoms with E-state index in [2.05, 4.69) is 10.0 Å². The van der Waals surface area contributed by atoms with E-state index in [1.807, 2.05) is 32.9 Å². The van der Waals surface area contributed by atoms with Gasteiger partial charge in [-0.1, -0.05) is 26.0 Å². The van der Waals surface area contributed by atoms with E-state index < -0.39 is 10.0 Å². The van der Waals surface area contributed by atoms with E-state index in [0.717, 1.165) is 11.1 Å². The van der Waals surface area contributed by atoms with Gasteiger partial charge in [0.25, 0.3) is 0 Å². The fourth-order valence-electron chi connectivity index (χ4n) is 1.62. The minimum absolute atomic E-state index is 0.357. The minimum atomic E-state index is -3.40. The summed E-state index contributed by atoms with van der Waals surface area (Å²) < 4.78 is 26.8. The fourth-order valence-corrected chi connectivity index (χ4v) is 2.98. The van der Waals surface area contributed by atoms with Crippen molar-refractivity contribution in [3.8, 4) is 0 Å². The van der Waals surface area contributed by atoms with Crippen molar-refractivity contribution in [3.05, 3.63) is 29.3 Å². The third-order valence-corrected chi connectivity index (χ3v) is 4.21. The first-order valence-electron chi connectivity index (χ1n) is 6.13. The number of hydrogen-bond acceptors (Lipinski definition) is 3. The number of sulfonamides is 1. The molecule has 4 nitrogen and oxygen atoms in total. The van der Waals surface area contributed by atoms with Gasteiger partial charge < -0.3 is 5.32 Å². The Balaban J connectivity index is 2.71. The molecule has 2 N–H and O–H groups in total. The van der Waals surface area contributed by atoms with E-state index >= 15 is 0 Å². The predicted octanol–water partition coefficient (Wildman–Crippen LogP) is 1.58. The Morgan fingerprint density at radius 1 is 1.17 bits per heavy atom. The number of nitrogens with one attached hydrogen (secondary N) is 2. The molecule has 0 radical (unpaired) electrons. The van der Waals surface area contributed by atoms with Gasteiger partial charge in [-0.05, 0) is 31.0 Å². The first-order valence-corrected chi connectivity index (χ1v) is 7.61. The minimum Gasteiger partial charge on any atom is -0.313 e. The third kappa shape index (κ3) is 4.40. The van der Waals surface area contributed by atoms with E-state index in [1.165, 1.54) is 0 Å². The monoisotopic (exact) mass is 270 g/mol. The third-order valence-electron chi connectivity index (χ3n) is 2.60. The van der Waals surface area contributed by atoms with Crippen LogP contribution in [-0.2, 0) is 10.0 Å². The molecule has 0 spiro atoms. The standard InChI is InChI=1S/C13H22N2O2S/c1-10(2)14-7-8-15-18(16,17)13-9-11(3)5-6-12(13)4/h5-6,9-10,14-15H,7-8H2,1-4H3. The summed E-state index contributed by atoms with van der Waals surface area (Å²) in [5.74, 6) is 0. The Morgan fingerprint density at radius 3 is 2.44 bits per heavy atom. The molecule has 0 unspecified atom stereocenters. The Hall–Kier alpha value is -0.910. The van der Waals surface area contributed by atoms with E-state index in [9.17, 15) is 8.42 Å². The van der Waals surface area contributed by atoms with Gasteiger partial charge in [0.05, 0.1) is 4.90 Å². The van der Waals surface area contributed by atoms with E-state index in [1.54, 1.807) is 13.0 Å². The van der Waals surface area contributed by atoms with Gasteiger partial charge in [0.2, 0.25) is 10.0 Å². The molecule has 0 saturated heterocycles. The first kappa shape index (κ1) is 15.1. The average molecular weight is 270 g/mol. The van der Waals surface area contributed by atoms with Gasteiger partial charge in [-0.25, -0.2) is 13.1 Å². The summed E-state index contributed by atoms with van der Waals surface area (Å²) >= 11 is 0. The molecule has 0 aliphatic carbocycles. The zero-order valence-corrected chi connectivity index (χ0v) is 12.3. The van der Waals surface area contributed by atoms with Crippen LogP contribution in [0.5, 0.6) is 0 Å². The lowest BCUT2D eigenvalue weighted by molar-refractivity contribution is 0.559. The number of rotatable bonds is 6. The maximum Gasteiger partial charge on any atom is 0.240 e. The van der Waals surface area contributed by atoms with Crippen LogP contribution in [-0.4, -0.2) is 27.5 Å². The Kier molecular flexibility index (Phi) is 5.31. The number of aryl methyl sites for hydroxylation is 2. The molecule has 1 aromatic rings. The highest BCUT2D eigenvalue weighted by Crippen LogP contribution is 2.16. The van der Waals surface area contributed by atoms with Gasteiger partial charge in [0, 0.05) is 19.1 Å². The van der Waals surface area contributed by atoms with Crippen LogP contribution in [0.15, 0.2) is 23.1 Å². The molecule has 0 amide bonds. The summed E-state index contributed by atoms with van der Waals surface area (Å²) in [4.78, 5) is 0.368. The van der Waals surface area contributed by atoms with Crippen molar-refractivity contribution >= 4 is 10.0 Å². The van der Waals surface area contributed by atoms with Crippen molar-refractivity contribution in [2.45, 2.75) is 38.6 Å². The van der Waals surface area contributed by atoms with Crippen LogP contribution >= 0.6 is 0 Å². The van der Waals surface area contributed by atoms with Crippen molar-refractivity contribution < 1.29 is 8.42 Å². The molecule has 0 saturated carbocycles. The van der Waals surface area contributed by atoms with Crippen LogP contribution in [0.25, 0.3) is 0 Å². The van der Waals surface area contributed by atoms with Crippen molar-refractivity contribution in [2.24, 2.45) is 0 Å². The molecular formula is C13H22N2O2S. The van der Waals surface area contributed by atoms with Gasteiger partial charge in [0.15, 0.2) is 0 Å². The molecule has 1 aromatic carbocycles. The highest BCUT2D eigenvalue weighted by molar-refractivity contribution is 7.89. The van der Waals surface area contributed by atoms with Crippen molar-refractivity contribution in [3.63, 3.8) is 0 Å². The molecular weight excluding hydrogens is 248 g/mol. The van der Waals surface area contributed by atoms with Crippen LogP contribution in [0.4, 0.5) is 0 Å². The lowest BCUT2D eigenvalue weighted by Gasteiger charge is -2.11. The Bertz CT molecular complexity index is 496. The Morgan fingerprint density at radius 2 is 1.83 bits per heavy atom. The fraction of sp³-hybridized carbons (Fsp3) is 0.538. The zero-order valence-electron chi connectivity index (χ0n) is 11.4. The summed E-state index contributed by atoms with van der Waals surface area (Å²) in [6.07, 6.45) is 0. The molecule has 5 heteroatoms. The maximum atomic E-state index is 12.1. The second-order valence-corrected chi connectivity index (χ2v) is 6.51. The average Bonchev–Trinajstić information content (AvgIpc) is 2.27. The predicted molar refractivity (Wildman–Crippen MR) is 74.2 cm³/mol. The van der Waals surface area contributed by atoms with Crippen LogP contribution in [0, 0.1) is 13.8 Å². The second kappa shape index (κ2) is 6.31. The largest absolute Gasteiger partial charge is 0.313 e. The normalized spacial score (nSPS) is 12.1. The lowest BCUT2D eigenvalue weighted by atomic mass is 10.2. The molecule has 1 rings (SSSR count). The Labute approximate surface area is 110 Å². The topological polar surface area (TPSA) is 58.2 Å². The van der Waals surface area contributed by atoms with Crippen LogP contribution in [0.2, 0.25) is 0 Å². The SMILES string of the molecule is Cc1ccc(C)c(S(=O)(=O)NCCNC(C)C)c1. The highest BCUT2D eigenvalue weighted by atomic mass is 32.2. The highest BCUT2D eigenvalue weighted by Gasteiger charge is 2.15. The molecule has 0 aliphatic rings. The quantitative estimate of drug-likeness (QED) is 0.772. The summed E-state index contributed by atoms with van der Waals surface area (Å²) in [5.41, 5.74) is 1.71. The van der Waals surface area contributed by atoms with Gasteiger partial charge in [-0.2, -0.15) is 0 Å². The van der Waals surface area contributed by atoms with Gasteiger partial charge >= 0.3 is 0 Å². The zero-order chi connectivity index (χ0) is 13.8. The molecule has 0 fully saturated rings. The summed E-state index contributed by atoms with van der Waals surface area (Å²) in [6, 6.07) is 5.80. The summed E-state index contributed by atoms with van der Waals surface area (Å²) in [5, 5.41) is 3.17. The van der Waals surface area contributed by atoms with Crippen molar-refractivity contribution in [2.75, 3.05) is 13.1 Å². The molecule has 0 bridgehead atoms. The maximum absolute atomic E-state index is 12.1. The van der Waals surface area contributed by atoms with Gasteiger partial charge in [0.1, 0.15) is 0 Å². The molecule has 0 atom stereocenters. The van der Waals surface area contributed by atoms with Crippen molar-refractivity contribution in [1.82, 2.24) is 10.0 Å². The summed E-state index contributed by atoms with van der Waals surface area (Å²) in [6.45, 7) is 8.77. The molecule has 18 heavy (non-hydrogen) atoms.